The van der Waals surface area contributed by atoms with E-state index in [0.29, 0.717) is 17.5 Å². The molecular weight excluding hydrogens is 284 g/mol. The zero-order valence-corrected chi connectivity index (χ0v) is 14.3. The van der Waals surface area contributed by atoms with Gasteiger partial charge in [-0.15, -0.1) is 0 Å². The van der Waals surface area contributed by atoms with Crippen LogP contribution in [0.4, 0.5) is 0 Å². The summed E-state index contributed by atoms with van der Waals surface area (Å²) >= 11 is 0. The van der Waals surface area contributed by atoms with Gasteiger partial charge in [0.15, 0.2) is 0 Å². The summed E-state index contributed by atoms with van der Waals surface area (Å²) in [6, 6.07) is 4.18. The maximum absolute atomic E-state index is 12.6. The van der Waals surface area contributed by atoms with Crippen molar-refractivity contribution in [2.75, 3.05) is 19.6 Å². The largest absolute Gasteiger partial charge is 0.299 e. The highest BCUT2D eigenvalue weighted by Crippen LogP contribution is 2.22. The number of nitrogens with zero attached hydrogens (tertiary/aromatic N) is 1. The maximum atomic E-state index is 12.6. The van der Waals surface area contributed by atoms with Crippen LogP contribution in [0.15, 0.2) is 17.0 Å². The molecule has 1 aromatic rings. The first-order valence-corrected chi connectivity index (χ1v) is 9.15. The molecule has 1 heterocycles. The molecule has 4 nitrogen and oxygen atoms in total. The van der Waals surface area contributed by atoms with Crippen LogP contribution in [0.5, 0.6) is 0 Å². The van der Waals surface area contributed by atoms with E-state index < -0.39 is 10.0 Å². The van der Waals surface area contributed by atoms with E-state index in [0.717, 1.165) is 42.6 Å². The molecule has 1 fully saturated rings. The Morgan fingerprint density at radius 1 is 1.24 bits per heavy atom. The minimum Gasteiger partial charge on any atom is -0.299 e. The van der Waals surface area contributed by atoms with Crippen molar-refractivity contribution >= 4 is 10.0 Å². The fourth-order valence-electron chi connectivity index (χ4n) is 3.41. The van der Waals surface area contributed by atoms with Gasteiger partial charge in [-0.1, -0.05) is 24.6 Å². The first kappa shape index (κ1) is 16.5. The normalized spacial score (nSPS) is 20.1. The summed E-state index contributed by atoms with van der Waals surface area (Å²) in [5, 5.41) is 0. The number of rotatable bonds is 5. The third-order valence-electron chi connectivity index (χ3n) is 4.29. The van der Waals surface area contributed by atoms with Crippen LogP contribution in [-0.4, -0.2) is 39.0 Å². The second kappa shape index (κ2) is 6.46. The van der Waals surface area contributed by atoms with Crippen molar-refractivity contribution in [3.8, 4) is 0 Å². The summed E-state index contributed by atoms with van der Waals surface area (Å²) in [7, 11) is -3.43. The summed E-state index contributed by atoms with van der Waals surface area (Å²) in [6.45, 7) is 10.4. The van der Waals surface area contributed by atoms with E-state index in [1.54, 1.807) is 0 Å². The lowest BCUT2D eigenvalue weighted by molar-refractivity contribution is 0.268. The van der Waals surface area contributed by atoms with Crippen molar-refractivity contribution < 1.29 is 8.42 Å². The quantitative estimate of drug-likeness (QED) is 0.908. The van der Waals surface area contributed by atoms with E-state index >= 15 is 0 Å². The van der Waals surface area contributed by atoms with Gasteiger partial charge in [0, 0.05) is 12.6 Å². The SMILES string of the molecule is CCN1CCC[C@H]1CNS(=O)(=O)c1c(C)cc(C)cc1C. The fraction of sp³-hybridized carbons (Fsp3) is 0.625. The number of likely N-dealkylation sites (N-methyl/N-ethyl adjacent to an activating group) is 1. The minimum absolute atomic E-state index is 0.329. The summed E-state index contributed by atoms with van der Waals surface area (Å²) in [5.74, 6) is 0. The van der Waals surface area contributed by atoms with Crippen molar-refractivity contribution in [3.05, 3.63) is 28.8 Å². The van der Waals surface area contributed by atoms with Gasteiger partial charge in [-0.05, 0) is 57.8 Å². The smallest absolute Gasteiger partial charge is 0.241 e. The Morgan fingerprint density at radius 3 is 2.43 bits per heavy atom. The van der Waals surface area contributed by atoms with Gasteiger partial charge in [0.1, 0.15) is 0 Å². The van der Waals surface area contributed by atoms with Gasteiger partial charge in [-0.25, -0.2) is 13.1 Å². The monoisotopic (exact) mass is 310 g/mol. The average Bonchev–Trinajstić information content (AvgIpc) is 2.82. The molecular formula is C16H26N2O2S. The Balaban J connectivity index is 2.16. The molecule has 0 aliphatic carbocycles. The molecule has 21 heavy (non-hydrogen) atoms. The molecule has 1 aliphatic rings. The predicted octanol–water partition coefficient (Wildman–Crippen LogP) is 2.37. The average molecular weight is 310 g/mol. The summed E-state index contributed by atoms with van der Waals surface area (Å²) < 4.78 is 28.0. The van der Waals surface area contributed by atoms with Crippen molar-refractivity contribution in [1.82, 2.24) is 9.62 Å². The van der Waals surface area contributed by atoms with E-state index in [9.17, 15) is 8.42 Å². The molecule has 0 unspecified atom stereocenters. The highest BCUT2D eigenvalue weighted by Gasteiger charge is 2.26. The molecule has 1 aromatic carbocycles. The second-order valence-electron chi connectivity index (χ2n) is 6.00. The van der Waals surface area contributed by atoms with Crippen molar-refractivity contribution in [2.24, 2.45) is 0 Å². The molecule has 1 aliphatic heterocycles. The Morgan fingerprint density at radius 2 is 1.86 bits per heavy atom. The molecule has 0 radical (unpaired) electrons. The number of nitrogens with one attached hydrogen (secondary N) is 1. The van der Waals surface area contributed by atoms with Crippen molar-refractivity contribution in [2.45, 2.75) is 51.5 Å². The summed E-state index contributed by atoms with van der Waals surface area (Å²) in [4.78, 5) is 2.78. The van der Waals surface area contributed by atoms with Crippen LogP contribution in [0.25, 0.3) is 0 Å². The topological polar surface area (TPSA) is 49.4 Å². The fourth-order valence-corrected chi connectivity index (χ4v) is 4.93. The molecule has 0 bridgehead atoms. The van der Waals surface area contributed by atoms with Gasteiger partial charge in [0.2, 0.25) is 10.0 Å². The highest BCUT2D eigenvalue weighted by atomic mass is 32.2. The van der Waals surface area contributed by atoms with E-state index in [4.69, 9.17) is 0 Å². The first-order valence-electron chi connectivity index (χ1n) is 7.66. The molecule has 0 spiro atoms. The molecule has 1 saturated heterocycles. The molecule has 118 valence electrons. The number of benzene rings is 1. The first-order chi connectivity index (χ1) is 9.85. The second-order valence-corrected chi connectivity index (χ2v) is 7.71. The van der Waals surface area contributed by atoms with E-state index in [2.05, 4.69) is 16.5 Å². The zero-order valence-electron chi connectivity index (χ0n) is 13.4. The van der Waals surface area contributed by atoms with Crippen molar-refractivity contribution in [1.29, 1.82) is 0 Å². The van der Waals surface area contributed by atoms with Crippen LogP contribution in [0.3, 0.4) is 0 Å². The lowest BCUT2D eigenvalue weighted by atomic mass is 10.1. The van der Waals surface area contributed by atoms with Gasteiger partial charge >= 0.3 is 0 Å². The number of likely N-dealkylation sites (tertiary alicyclic amines) is 1. The molecule has 1 N–H and O–H groups in total. The van der Waals surface area contributed by atoms with Crippen LogP contribution in [0, 0.1) is 20.8 Å². The number of aryl methyl sites for hydroxylation is 3. The summed E-state index contributed by atoms with van der Waals surface area (Å²) in [5.41, 5.74) is 2.73. The van der Waals surface area contributed by atoms with E-state index in [-0.39, 0.29) is 0 Å². The molecule has 0 amide bonds. The molecule has 0 saturated carbocycles. The van der Waals surface area contributed by atoms with Gasteiger partial charge in [0.25, 0.3) is 0 Å². The highest BCUT2D eigenvalue weighted by molar-refractivity contribution is 7.89. The van der Waals surface area contributed by atoms with E-state index in [1.165, 1.54) is 0 Å². The predicted molar refractivity (Wildman–Crippen MR) is 86.1 cm³/mol. The van der Waals surface area contributed by atoms with Crippen LogP contribution >= 0.6 is 0 Å². The van der Waals surface area contributed by atoms with Crippen LogP contribution in [0.1, 0.15) is 36.5 Å². The Kier molecular flexibility index (Phi) is 5.07. The Labute approximate surface area is 128 Å². The minimum atomic E-state index is -3.43. The number of hydrogen-bond acceptors (Lipinski definition) is 3. The third kappa shape index (κ3) is 3.65. The number of sulfonamides is 1. The standard InChI is InChI=1S/C16H26N2O2S/c1-5-18-8-6-7-15(18)11-17-21(19,20)16-13(3)9-12(2)10-14(16)4/h9-10,15,17H,5-8,11H2,1-4H3/t15-/m0/s1. The lowest BCUT2D eigenvalue weighted by Crippen LogP contribution is -2.40. The van der Waals surface area contributed by atoms with Crippen LogP contribution in [0.2, 0.25) is 0 Å². The lowest BCUT2D eigenvalue weighted by Gasteiger charge is -2.23. The van der Waals surface area contributed by atoms with Crippen molar-refractivity contribution in [3.63, 3.8) is 0 Å². The van der Waals surface area contributed by atoms with Gasteiger partial charge in [-0.3, -0.25) is 4.90 Å². The van der Waals surface area contributed by atoms with Crippen LogP contribution < -0.4 is 4.72 Å². The zero-order chi connectivity index (χ0) is 15.6. The maximum Gasteiger partial charge on any atom is 0.241 e. The third-order valence-corrected chi connectivity index (χ3v) is 6.02. The van der Waals surface area contributed by atoms with Gasteiger partial charge in [-0.2, -0.15) is 0 Å². The molecule has 1 atom stereocenters. The molecule has 0 aromatic heterocycles. The molecule has 2 rings (SSSR count). The molecule has 5 heteroatoms. The van der Waals surface area contributed by atoms with Gasteiger partial charge < -0.3 is 0 Å². The van der Waals surface area contributed by atoms with Gasteiger partial charge in [0.05, 0.1) is 4.90 Å². The Bertz CT molecular complexity index is 588. The summed E-state index contributed by atoms with van der Waals surface area (Å²) in [6.07, 6.45) is 2.23. The number of hydrogen-bond donors (Lipinski definition) is 1. The van der Waals surface area contributed by atoms with Crippen LogP contribution in [-0.2, 0) is 10.0 Å². The Hall–Kier alpha value is -0.910. The van der Waals surface area contributed by atoms with E-state index in [1.807, 2.05) is 32.9 Å².